The number of phenols is 1. The number of ketones is 1. The van der Waals surface area contributed by atoms with Crippen molar-refractivity contribution in [2.24, 2.45) is 0 Å². The van der Waals surface area contributed by atoms with Gasteiger partial charge >= 0.3 is 0 Å². The van der Waals surface area contributed by atoms with E-state index in [2.05, 4.69) is 73.0 Å². The minimum atomic E-state index is -0.382. The molecule has 0 radical (unpaired) electrons. The summed E-state index contributed by atoms with van der Waals surface area (Å²) in [5.74, 6) is -0.310. The maximum absolute atomic E-state index is 12.5. The molecule has 1 amide bonds. The highest BCUT2D eigenvalue weighted by atomic mass is 16.5. The van der Waals surface area contributed by atoms with Gasteiger partial charge in [-0.25, -0.2) is 0 Å². The normalized spacial score (nSPS) is 13.0. The molecule has 2 N–H and O–H groups in total. The van der Waals surface area contributed by atoms with Gasteiger partial charge in [0, 0.05) is 19.6 Å². The Kier molecular flexibility index (Phi) is 20.7. The maximum Gasteiger partial charge on any atom is 0.255 e. The Morgan fingerprint density at radius 1 is 0.821 bits per heavy atom. The Labute approximate surface area is 236 Å². The Morgan fingerprint density at radius 2 is 1.41 bits per heavy atom. The first kappa shape index (κ1) is 33.8. The summed E-state index contributed by atoms with van der Waals surface area (Å²) in [5.41, 5.74) is 0.239. The van der Waals surface area contributed by atoms with Gasteiger partial charge < -0.3 is 15.2 Å². The lowest BCUT2D eigenvalue weighted by atomic mass is 10.1. The van der Waals surface area contributed by atoms with Crippen molar-refractivity contribution in [1.82, 2.24) is 5.32 Å². The van der Waals surface area contributed by atoms with Crippen LogP contribution in [0.3, 0.4) is 0 Å². The third-order valence-corrected chi connectivity index (χ3v) is 6.01. The molecule has 1 aromatic rings. The van der Waals surface area contributed by atoms with Crippen LogP contribution in [0.25, 0.3) is 0 Å². The fraction of sp³-hybridized carbons (Fsp3) is 0.471. The predicted molar refractivity (Wildman–Crippen MR) is 163 cm³/mol. The number of rotatable bonds is 22. The zero-order valence-electron chi connectivity index (χ0n) is 24.0. The number of carbonyl (C=O) groups excluding carboxylic acids is 2. The third-order valence-electron chi connectivity index (χ3n) is 6.01. The summed E-state index contributed by atoms with van der Waals surface area (Å²) in [7, 11) is 0. The number of allylic oxidation sites excluding steroid dienone is 10. The average molecular weight is 536 g/mol. The molecule has 0 saturated heterocycles. The molecule has 39 heavy (non-hydrogen) atoms. The van der Waals surface area contributed by atoms with Gasteiger partial charge in [0.05, 0.1) is 5.56 Å². The summed E-state index contributed by atoms with van der Waals surface area (Å²) in [5, 5.41) is 12.5. The van der Waals surface area contributed by atoms with Crippen molar-refractivity contribution < 1.29 is 19.4 Å². The molecule has 0 aliphatic carbocycles. The van der Waals surface area contributed by atoms with E-state index in [0.717, 1.165) is 51.4 Å². The number of Topliss-reactive ketones (excluding diaryl/α,β-unsaturated/α-hetero) is 1. The van der Waals surface area contributed by atoms with Crippen LogP contribution in [0.2, 0.25) is 0 Å². The Balaban J connectivity index is 2.05. The number of hydrogen-bond donors (Lipinski definition) is 2. The molecule has 0 heterocycles. The highest BCUT2D eigenvalue weighted by Gasteiger charge is 2.16. The van der Waals surface area contributed by atoms with Crippen molar-refractivity contribution in [1.29, 1.82) is 0 Å². The molecule has 1 atom stereocenters. The number of carbonyl (C=O) groups is 2. The van der Waals surface area contributed by atoms with Crippen molar-refractivity contribution in [3.05, 3.63) is 90.6 Å². The summed E-state index contributed by atoms with van der Waals surface area (Å²) >= 11 is 0. The molecule has 0 aromatic heterocycles. The third kappa shape index (κ3) is 17.9. The van der Waals surface area contributed by atoms with Crippen LogP contribution in [0.1, 0.15) is 94.8 Å². The van der Waals surface area contributed by atoms with E-state index in [0.29, 0.717) is 32.4 Å². The summed E-state index contributed by atoms with van der Waals surface area (Å²) in [6, 6.07) is 6.41. The first-order valence-corrected chi connectivity index (χ1v) is 14.6. The number of aromatic hydroxyl groups is 1. The molecule has 5 heteroatoms. The lowest BCUT2D eigenvalue weighted by Gasteiger charge is -2.15. The van der Waals surface area contributed by atoms with E-state index in [1.165, 1.54) is 6.07 Å². The fourth-order valence-electron chi connectivity index (χ4n) is 3.78. The highest BCUT2D eigenvalue weighted by molar-refractivity contribution is 5.96. The van der Waals surface area contributed by atoms with E-state index >= 15 is 0 Å². The number of phenolic OH excluding ortho intramolecular Hbond substituents is 1. The van der Waals surface area contributed by atoms with Gasteiger partial charge in [-0.2, -0.15) is 0 Å². The van der Waals surface area contributed by atoms with Gasteiger partial charge in [0.2, 0.25) is 0 Å². The molecule has 0 spiro atoms. The van der Waals surface area contributed by atoms with Crippen LogP contribution in [0.4, 0.5) is 0 Å². The zero-order chi connectivity index (χ0) is 28.4. The Hall–Kier alpha value is -3.18. The Bertz CT molecular complexity index is 942. The lowest BCUT2D eigenvalue weighted by Crippen LogP contribution is -2.27. The Morgan fingerprint density at radius 3 is 2.00 bits per heavy atom. The zero-order valence-corrected chi connectivity index (χ0v) is 24.0. The molecule has 0 saturated carbocycles. The molecular formula is C34H49NO4. The molecule has 0 bridgehead atoms. The van der Waals surface area contributed by atoms with Gasteiger partial charge in [-0.15, -0.1) is 0 Å². The minimum absolute atomic E-state index is 0.0492. The number of ether oxygens (including phenoxy) is 1. The van der Waals surface area contributed by atoms with Crippen molar-refractivity contribution in [2.75, 3.05) is 13.2 Å². The van der Waals surface area contributed by atoms with Gasteiger partial charge in [-0.1, -0.05) is 86.7 Å². The molecule has 0 aliphatic heterocycles. The van der Waals surface area contributed by atoms with Crippen LogP contribution < -0.4 is 5.32 Å². The second-order valence-electron chi connectivity index (χ2n) is 9.31. The predicted octanol–water partition coefficient (Wildman–Crippen LogP) is 8.19. The first-order chi connectivity index (χ1) is 19.1. The molecule has 0 aliphatic rings. The van der Waals surface area contributed by atoms with E-state index in [4.69, 9.17) is 4.74 Å². The first-order valence-electron chi connectivity index (χ1n) is 14.6. The molecule has 1 unspecified atom stereocenters. The monoisotopic (exact) mass is 535 g/mol. The number of benzene rings is 1. The summed E-state index contributed by atoms with van der Waals surface area (Å²) in [6.45, 7) is 5.07. The highest BCUT2D eigenvalue weighted by Crippen LogP contribution is 2.15. The number of amides is 1. The molecule has 0 fully saturated rings. The van der Waals surface area contributed by atoms with Crippen LogP contribution in [-0.4, -0.2) is 36.1 Å². The summed E-state index contributed by atoms with van der Waals surface area (Å²) in [4.78, 5) is 24.6. The van der Waals surface area contributed by atoms with Crippen LogP contribution in [0, 0.1) is 0 Å². The number of hydrogen-bond acceptors (Lipinski definition) is 4. The average Bonchev–Trinajstić information content (AvgIpc) is 2.94. The minimum Gasteiger partial charge on any atom is -0.507 e. The van der Waals surface area contributed by atoms with Crippen molar-refractivity contribution >= 4 is 11.7 Å². The van der Waals surface area contributed by atoms with Gasteiger partial charge in [0.25, 0.3) is 5.91 Å². The fourth-order valence-corrected chi connectivity index (χ4v) is 3.78. The van der Waals surface area contributed by atoms with Crippen LogP contribution in [0.5, 0.6) is 5.75 Å². The van der Waals surface area contributed by atoms with Gasteiger partial charge in [-0.05, 0) is 76.3 Å². The van der Waals surface area contributed by atoms with E-state index in [9.17, 15) is 14.7 Å². The van der Waals surface area contributed by atoms with Crippen molar-refractivity contribution in [2.45, 2.75) is 90.6 Å². The SMILES string of the molecule is CC/C=C\C/C=C\C/C=C\C/C=C\C/C=C\CCCCOC(CC)C(=O)CCCNC(=O)c1ccccc1O. The lowest BCUT2D eigenvalue weighted by molar-refractivity contribution is -0.131. The van der Waals surface area contributed by atoms with E-state index in [1.54, 1.807) is 18.2 Å². The molecule has 1 rings (SSSR count). The summed E-state index contributed by atoms with van der Waals surface area (Å²) in [6.07, 6.45) is 31.2. The smallest absolute Gasteiger partial charge is 0.255 e. The van der Waals surface area contributed by atoms with E-state index in [-0.39, 0.29) is 29.1 Å². The maximum atomic E-state index is 12.5. The summed E-state index contributed by atoms with van der Waals surface area (Å²) < 4.78 is 5.83. The van der Waals surface area contributed by atoms with Crippen LogP contribution in [0.15, 0.2) is 85.0 Å². The largest absolute Gasteiger partial charge is 0.507 e. The molecule has 214 valence electrons. The van der Waals surface area contributed by atoms with E-state index in [1.807, 2.05) is 6.92 Å². The second kappa shape index (κ2) is 23.9. The number of para-hydroxylation sites is 1. The molecular weight excluding hydrogens is 486 g/mol. The second-order valence-corrected chi connectivity index (χ2v) is 9.31. The van der Waals surface area contributed by atoms with E-state index < -0.39 is 0 Å². The van der Waals surface area contributed by atoms with Crippen LogP contribution >= 0.6 is 0 Å². The van der Waals surface area contributed by atoms with Gasteiger partial charge in [-0.3, -0.25) is 9.59 Å². The van der Waals surface area contributed by atoms with Crippen LogP contribution in [-0.2, 0) is 9.53 Å². The quantitative estimate of drug-likeness (QED) is 0.116. The van der Waals surface area contributed by atoms with Gasteiger partial charge in [0.15, 0.2) is 5.78 Å². The van der Waals surface area contributed by atoms with Crippen molar-refractivity contribution in [3.8, 4) is 5.75 Å². The van der Waals surface area contributed by atoms with Crippen molar-refractivity contribution in [3.63, 3.8) is 0 Å². The molecule has 1 aromatic carbocycles. The standard InChI is InChI=1S/C34H49NO4/c1-3-5-6-7-8-9-10-11-12-13-14-15-16-17-18-19-20-23-29-39-33(4-2)32(37)27-24-28-35-34(38)30-25-21-22-26-31(30)36/h5-6,8-9,11-12,14-15,17-18,21-22,25-26,33,36H,3-4,7,10,13,16,19-20,23-24,27-29H2,1-2H3,(H,35,38)/b6-5-,9-8-,12-11-,15-14-,18-17-. The van der Waals surface area contributed by atoms with Gasteiger partial charge in [0.1, 0.15) is 11.9 Å². The molecule has 5 nitrogen and oxygen atoms in total. The number of unbranched alkanes of at least 4 members (excludes halogenated alkanes) is 2. The topological polar surface area (TPSA) is 75.6 Å². The number of nitrogens with one attached hydrogen (secondary N) is 1.